The normalized spacial score (nSPS) is 15.6. The molecule has 0 atom stereocenters. The highest BCUT2D eigenvalue weighted by Crippen LogP contribution is 2.36. The molecule has 2 fully saturated rings. The fourth-order valence-corrected chi connectivity index (χ4v) is 4.31. The molecule has 1 aliphatic heterocycles. The molecule has 10 heteroatoms. The van der Waals surface area contributed by atoms with Gasteiger partial charge in [-0.1, -0.05) is 6.07 Å². The molecule has 186 valence electrons. The van der Waals surface area contributed by atoms with E-state index in [1.165, 1.54) is 25.0 Å². The zero-order valence-corrected chi connectivity index (χ0v) is 19.6. The number of rotatable bonds is 7. The Morgan fingerprint density at radius 2 is 1.81 bits per heavy atom. The maximum atomic E-state index is 14.3. The largest absolute Gasteiger partial charge is 0.398 e. The number of hydrogen-bond donors (Lipinski definition) is 2. The molecule has 0 spiro atoms. The number of amides is 1. The lowest BCUT2D eigenvalue weighted by Crippen LogP contribution is -2.27. The highest BCUT2D eigenvalue weighted by Gasteiger charge is 2.24. The molecule has 36 heavy (non-hydrogen) atoms. The molecule has 3 aromatic rings. The highest BCUT2D eigenvalue weighted by molar-refractivity contribution is 6.08. The molecule has 0 unspecified atom stereocenters. The van der Waals surface area contributed by atoms with Gasteiger partial charge in [0.15, 0.2) is 11.6 Å². The van der Waals surface area contributed by atoms with Crippen LogP contribution in [0, 0.1) is 17.6 Å². The third-order valence-corrected chi connectivity index (χ3v) is 6.38. The van der Waals surface area contributed by atoms with E-state index in [1.54, 1.807) is 18.3 Å². The quantitative estimate of drug-likeness (QED) is 0.386. The third-order valence-electron chi connectivity index (χ3n) is 6.38. The highest BCUT2D eigenvalue weighted by atomic mass is 19.1. The molecule has 2 heterocycles. The van der Waals surface area contributed by atoms with Crippen molar-refractivity contribution in [2.24, 2.45) is 10.9 Å². The summed E-state index contributed by atoms with van der Waals surface area (Å²) in [6, 6.07) is 8.90. The fourth-order valence-electron chi connectivity index (χ4n) is 4.31. The van der Waals surface area contributed by atoms with Gasteiger partial charge in [-0.25, -0.2) is 8.78 Å². The summed E-state index contributed by atoms with van der Waals surface area (Å²) < 4.78 is 29.1. The van der Waals surface area contributed by atoms with Crippen LogP contribution in [0.2, 0.25) is 0 Å². The van der Waals surface area contributed by atoms with Gasteiger partial charge in [-0.2, -0.15) is 9.78 Å². The van der Waals surface area contributed by atoms with E-state index in [0.717, 1.165) is 61.9 Å². The van der Waals surface area contributed by atoms with Crippen molar-refractivity contribution in [2.45, 2.75) is 25.7 Å². The van der Waals surface area contributed by atoms with Gasteiger partial charge in [-0.3, -0.25) is 14.6 Å². The van der Waals surface area contributed by atoms with Crippen molar-refractivity contribution in [1.29, 1.82) is 0 Å². The van der Waals surface area contributed by atoms with Crippen LogP contribution in [0.1, 0.15) is 41.7 Å². The number of benzene rings is 2. The number of nitrogens with two attached hydrogens (primary N) is 1. The number of aromatic nitrogens is 2. The molecule has 2 aliphatic rings. The van der Waals surface area contributed by atoms with Crippen molar-refractivity contribution < 1.29 is 13.6 Å². The Bertz CT molecular complexity index is 1370. The molecule has 2 aromatic carbocycles. The summed E-state index contributed by atoms with van der Waals surface area (Å²) >= 11 is 0. The second-order valence-electron chi connectivity index (χ2n) is 9.09. The lowest BCUT2D eigenvalue weighted by molar-refractivity contribution is 0.102. The maximum absolute atomic E-state index is 14.3. The number of nitrogen functional groups attached to an aromatic ring is 1. The number of para-hydroxylation sites is 1. The first-order valence-corrected chi connectivity index (χ1v) is 12.0. The zero-order chi connectivity index (χ0) is 25.2. The van der Waals surface area contributed by atoms with Crippen molar-refractivity contribution in [3.8, 4) is 5.69 Å². The van der Waals surface area contributed by atoms with Crippen LogP contribution in [0.3, 0.4) is 0 Å². The number of aliphatic imine (C=N–C) groups is 1. The predicted molar refractivity (Wildman–Crippen MR) is 135 cm³/mol. The summed E-state index contributed by atoms with van der Waals surface area (Å²) in [6.45, 7) is 2.37. The smallest absolute Gasteiger partial charge is 0.276 e. The van der Waals surface area contributed by atoms with Crippen LogP contribution in [0.25, 0.3) is 5.69 Å². The molecule has 5 rings (SSSR count). The van der Waals surface area contributed by atoms with Gasteiger partial charge in [0.1, 0.15) is 11.4 Å². The SMILES string of the molecule is Nc1ccc(NC(=O)c2ccc(=O)n(-c3c(F)cccc3F)n2)c(N2CCCC2)c1C=NCC1CC1. The number of nitrogens with zero attached hydrogens (tertiary/aromatic N) is 4. The van der Waals surface area contributed by atoms with E-state index < -0.39 is 28.8 Å². The number of hydrogen-bond acceptors (Lipinski definition) is 6. The molecule has 0 radical (unpaired) electrons. The van der Waals surface area contributed by atoms with E-state index in [9.17, 15) is 18.4 Å². The minimum absolute atomic E-state index is 0.176. The molecular weight excluding hydrogens is 466 g/mol. The standard InChI is InChI=1S/C26H26F2N6O2/c27-18-4-3-5-19(28)25(18)34-23(35)11-10-22(32-34)26(36)31-21-9-8-20(29)17(15-30-14-16-6-7-16)24(21)33-12-1-2-13-33/h3-5,8-11,15-16H,1-2,6-7,12-14,29H2,(H,31,36). The van der Waals surface area contributed by atoms with E-state index in [1.807, 2.05) is 0 Å². The summed E-state index contributed by atoms with van der Waals surface area (Å²) in [5.41, 5.74) is 7.30. The van der Waals surface area contributed by atoms with Crippen molar-refractivity contribution in [3.05, 3.63) is 75.7 Å². The van der Waals surface area contributed by atoms with Crippen molar-refractivity contribution in [3.63, 3.8) is 0 Å². The molecule has 1 amide bonds. The van der Waals surface area contributed by atoms with E-state index in [-0.39, 0.29) is 5.69 Å². The molecule has 1 aliphatic carbocycles. The topological polar surface area (TPSA) is 106 Å². The molecule has 3 N–H and O–H groups in total. The van der Waals surface area contributed by atoms with Crippen LogP contribution in [0.5, 0.6) is 0 Å². The first-order valence-electron chi connectivity index (χ1n) is 12.0. The van der Waals surface area contributed by atoms with E-state index in [0.29, 0.717) is 22.0 Å². The average molecular weight is 493 g/mol. The lowest BCUT2D eigenvalue weighted by Gasteiger charge is -2.25. The minimum atomic E-state index is -0.966. The van der Waals surface area contributed by atoms with Crippen molar-refractivity contribution >= 4 is 29.2 Å². The van der Waals surface area contributed by atoms with Gasteiger partial charge in [0, 0.05) is 43.2 Å². The summed E-state index contributed by atoms with van der Waals surface area (Å²) in [6.07, 6.45) is 6.18. The van der Waals surface area contributed by atoms with Gasteiger partial charge < -0.3 is 16.0 Å². The van der Waals surface area contributed by atoms with Crippen LogP contribution in [0.15, 0.2) is 52.3 Å². The first-order chi connectivity index (χ1) is 17.4. The van der Waals surface area contributed by atoms with Gasteiger partial charge in [0.25, 0.3) is 11.5 Å². The van der Waals surface area contributed by atoms with Crippen LogP contribution < -0.4 is 21.5 Å². The Labute approximate surface area is 206 Å². The molecule has 1 saturated heterocycles. The fraction of sp³-hybridized carbons (Fsp3) is 0.308. The van der Waals surface area contributed by atoms with E-state index in [2.05, 4.69) is 20.3 Å². The van der Waals surface area contributed by atoms with Crippen LogP contribution in [0.4, 0.5) is 25.8 Å². The molecular formula is C26H26F2N6O2. The van der Waals surface area contributed by atoms with E-state index >= 15 is 0 Å². The van der Waals surface area contributed by atoms with Crippen molar-refractivity contribution in [2.75, 3.05) is 35.6 Å². The second-order valence-corrected chi connectivity index (χ2v) is 9.09. The Hall–Kier alpha value is -4.08. The zero-order valence-electron chi connectivity index (χ0n) is 19.6. The number of nitrogens with one attached hydrogen (secondary N) is 1. The maximum Gasteiger partial charge on any atom is 0.276 e. The Kier molecular flexibility index (Phi) is 6.49. The van der Waals surface area contributed by atoms with Gasteiger partial charge >= 0.3 is 0 Å². The average Bonchev–Trinajstić information content (AvgIpc) is 3.52. The Morgan fingerprint density at radius 1 is 1.08 bits per heavy atom. The lowest BCUT2D eigenvalue weighted by atomic mass is 10.1. The van der Waals surface area contributed by atoms with Gasteiger partial charge in [0.2, 0.25) is 0 Å². The minimum Gasteiger partial charge on any atom is -0.398 e. The first kappa shape index (κ1) is 23.7. The van der Waals surface area contributed by atoms with Crippen LogP contribution >= 0.6 is 0 Å². The predicted octanol–water partition coefficient (Wildman–Crippen LogP) is 3.77. The van der Waals surface area contributed by atoms with Gasteiger partial charge in [-0.05, 0) is 61.9 Å². The Balaban J connectivity index is 1.49. The van der Waals surface area contributed by atoms with Crippen LogP contribution in [-0.4, -0.2) is 41.5 Å². The molecule has 0 bridgehead atoms. The number of carbonyl (C=O) groups is 1. The summed E-state index contributed by atoms with van der Waals surface area (Å²) in [5.74, 6) is -1.94. The monoisotopic (exact) mass is 492 g/mol. The summed E-state index contributed by atoms with van der Waals surface area (Å²) in [7, 11) is 0. The van der Waals surface area contributed by atoms with Gasteiger partial charge in [0.05, 0.1) is 11.4 Å². The number of anilines is 3. The summed E-state index contributed by atoms with van der Waals surface area (Å²) in [4.78, 5) is 32.3. The number of halogens is 2. The van der Waals surface area contributed by atoms with Crippen molar-refractivity contribution in [1.82, 2.24) is 9.78 Å². The Morgan fingerprint density at radius 3 is 2.50 bits per heavy atom. The molecule has 1 aromatic heterocycles. The third kappa shape index (κ3) is 4.84. The van der Waals surface area contributed by atoms with Crippen LogP contribution in [-0.2, 0) is 0 Å². The molecule has 8 nitrogen and oxygen atoms in total. The molecule has 1 saturated carbocycles. The second kappa shape index (κ2) is 9.88. The number of carbonyl (C=O) groups excluding carboxylic acids is 1. The summed E-state index contributed by atoms with van der Waals surface area (Å²) in [5, 5.41) is 6.80. The van der Waals surface area contributed by atoms with Gasteiger partial charge in [-0.15, -0.1) is 0 Å². The van der Waals surface area contributed by atoms with E-state index in [4.69, 9.17) is 5.73 Å².